The molecule has 4 aromatic rings. The molecule has 1 fully saturated rings. The van der Waals surface area contributed by atoms with Crippen molar-refractivity contribution in [2.75, 3.05) is 23.5 Å². The number of amides is 3. The maximum absolute atomic E-state index is 14.8. The molecule has 1 aliphatic heterocycles. The van der Waals surface area contributed by atoms with Crippen molar-refractivity contribution in [2.45, 2.75) is 58.0 Å². The van der Waals surface area contributed by atoms with Gasteiger partial charge in [0.2, 0.25) is 11.8 Å². The molecular formula is C41H46N4O4. The van der Waals surface area contributed by atoms with Crippen molar-refractivity contribution in [3.63, 3.8) is 0 Å². The van der Waals surface area contributed by atoms with E-state index in [0.717, 1.165) is 65.2 Å². The number of nitrogens with one attached hydrogen (secondary N) is 1. The van der Waals surface area contributed by atoms with Crippen molar-refractivity contribution in [3.8, 4) is 16.9 Å². The van der Waals surface area contributed by atoms with Crippen LogP contribution >= 0.6 is 0 Å². The lowest BCUT2D eigenvalue weighted by Gasteiger charge is -2.29. The van der Waals surface area contributed by atoms with Crippen LogP contribution in [0, 0.1) is 17.8 Å². The van der Waals surface area contributed by atoms with Gasteiger partial charge in [-0.15, -0.1) is 0 Å². The van der Waals surface area contributed by atoms with Crippen LogP contribution in [0.3, 0.4) is 0 Å². The van der Waals surface area contributed by atoms with Gasteiger partial charge in [0.1, 0.15) is 11.8 Å². The quantitative estimate of drug-likeness (QED) is 0.149. The van der Waals surface area contributed by atoms with Crippen LogP contribution in [-0.4, -0.2) is 37.4 Å². The van der Waals surface area contributed by atoms with Gasteiger partial charge in [-0.3, -0.25) is 14.4 Å². The Labute approximate surface area is 289 Å². The molecule has 0 saturated heterocycles. The van der Waals surface area contributed by atoms with Gasteiger partial charge in [0.25, 0.3) is 5.91 Å². The average molecular weight is 659 g/mol. The van der Waals surface area contributed by atoms with Crippen molar-refractivity contribution >= 4 is 34.8 Å². The van der Waals surface area contributed by atoms with Crippen molar-refractivity contribution in [2.24, 2.45) is 23.5 Å². The van der Waals surface area contributed by atoms with Gasteiger partial charge in [0.15, 0.2) is 0 Å². The van der Waals surface area contributed by atoms with Gasteiger partial charge in [-0.2, -0.15) is 0 Å². The van der Waals surface area contributed by atoms with E-state index >= 15 is 0 Å². The first kappa shape index (κ1) is 33.8. The van der Waals surface area contributed by atoms with E-state index in [9.17, 15) is 14.4 Å². The highest BCUT2D eigenvalue weighted by Crippen LogP contribution is 2.40. The van der Waals surface area contributed by atoms with Gasteiger partial charge < -0.3 is 25.6 Å². The highest BCUT2D eigenvalue weighted by atomic mass is 16.5. The van der Waals surface area contributed by atoms with E-state index in [2.05, 4.69) is 29.3 Å². The second kappa shape index (κ2) is 15.4. The lowest BCUT2D eigenvalue weighted by atomic mass is 9.82. The highest BCUT2D eigenvalue weighted by Gasteiger charge is 2.40. The van der Waals surface area contributed by atoms with E-state index < -0.39 is 23.8 Å². The largest absolute Gasteiger partial charge is 0.497 e. The van der Waals surface area contributed by atoms with E-state index in [0.29, 0.717) is 25.3 Å². The summed E-state index contributed by atoms with van der Waals surface area (Å²) in [6, 6.07) is 33.0. The summed E-state index contributed by atoms with van der Waals surface area (Å²) in [5.74, 6) is -0.874. The predicted molar refractivity (Wildman–Crippen MR) is 194 cm³/mol. The minimum absolute atomic E-state index is 0.205. The molecule has 8 nitrogen and oxygen atoms in total. The topological polar surface area (TPSA) is 105 Å². The Hall–Kier alpha value is -5.11. The molecule has 254 valence electrons. The second-order valence-corrected chi connectivity index (χ2v) is 13.3. The fourth-order valence-electron chi connectivity index (χ4n) is 6.94. The van der Waals surface area contributed by atoms with Crippen molar-refractivity contribution in [1.82, 2.24) is 5.32 Å². The van der Waals surface area contributed by atoms with Gasteiger partial charge in [-0.25, -0.2) is 0 Å². The number of fused-ring (bicyclic) bond motifs is 1. The molecule has 1 heterocycles. The molecule has 3 N–H and O–H groups in total. The van der Waals surface area contributed by atoms with Crippen LogP contribution < -0.4 is 25.6 Å². The normalized spacial score (nSPS) is 17.1. The summed E-state index contributed by atoms with van der Waals surface area (Å²) in [5, 5.41) is 3.16. The number of rotatable bonds is 14. The summed E-state index contributed by atoms with van der Waals surface area (Å²) in [6.07, 6.45) is 4.98. The minimum atomic E-state index is -0.869. The summed E-state index contributed by atoms with van der Waals surface area (Å²) in [7, 11) is 1.65. The van der Waals surface area contributed by atoms with Crippen LogP contribution in [0.4, 0.5) is 17.1 Å². The lowest BCUT2D eigenvalue weighted by Crippen LogP contribution is -2.54. The zero-order valence-electron chi connectivity index (χ0n) is 28.4. The molecule has 3 amide bonds. The molecule has 49 heavy (non-hydrogen) atoms. The number of nitrogens with zero attached hydrogens (tertiary/aromatic N) is 2. The third-order valence-corrected chi connectivity index (χ3v) is 9.81. The van der Waals surface area contributed by atoms with Crippen LogP contribution in [0.15, 0.2) is 103 Å². The number of carbonyl (C=O) groups excluding carboxylic acids is 3. The number of anilines is 3. The predicted octanol–water partition coefficient (Wildman–Crippen LogP) is 7.24. The van der Waals surface area contributed by atoms with E-state index in [1.807, 2.05) is 91.0 Å². The molecule has 1 saturated carbocycles. The minimum Gasteiger partial charge on any atom is -0.497 e. The van der Waals surface area contributed by atoms with Gasteiger partial charge in [-0.1, -0.05) is 93.3 Å². The van der Waals surface area contributed by atoms with Crippen molar-refractivity contribution in [1.29, 1.82) is 0 Å². The molecular weight excluding hydrogens is 612 g/mol. The molecule has 0 spiro atoms. The molecule has 3 unspecified atom stereocenters. The monoisotopic (exact) mass is 658 g/mol. The lowest BCUT2D eigenvalue weighted by molar-refractivity contribution is -0.135. The average Bonchev–Trinajstić information content (AvgIpc) is 3.97. The van der Waals surface area contributed by atoms with E-state index in [1.165, 1.54) is 0 Å². The van der Waals surface area contributed by atoms with E-state index in [4.69, 9.17) is 10.5 Å². The van der Waals surface area contributed by atoms with Gasteiger partial charge >= 0.3 is 0 Å². The summed E-state index contributed by atoms with van der Waals surface area (Å²) in [6.45, 7) is 2.61. The zero-order valence-corrected chi connectivity index (χ0v) is 28.4. The van der Waals surface area contributed by atoms with E-state index in [-0.39, 0.29) is 18.4 Å². The standard InChI is InChI=1S/C41H46N4O4/c1-3-4-15-34(39(42)46)35(25-28-18-19-28)40(47)43-36-27-44(32-13-6-5-7-14-32)37-16-8-9-17-38(37)45(41(36)48)26-29-11-10-12-31(24-29)30-20-22-33(49-2)23-21-30/h5-14,16-17,20-24,28,34-36H,3-4,15,18-19,25-27H2,1-2H3,(H2,42,46)(H,43,47). The van der Waals surface area contributed by atoms with Crippen molar-refractivity contribution in [3.05, 3.63) is 109 Å². The molecule has 1 aliphatic carbocycles. The Kier molecular flexibility index (Phi) is 10.6. The number of nitrogens with two attached hydrogens (primary N) is 1. The smallest absolute Gasteiger partial charge is 0.251 e. The molecule has 8 heteroatoms. The number of ether oxygens (including phenoxy) is 1. The Bertz CT molecular complexity index is 1760. The molecule has 0 aromatic heterocycles. The number of carbonyl (C=O) groups is 3. The van der Waals surface area contributed by atoms with Gasteiger partial charge in [0, 0.05) is 17.5 Å². The van der Waals surface area contributed by atoms with Gasteiger partial charge in [0.05, 0.1) is 31.6 Å². The first-order valence-corrected chi connectivity index (χ1v) is 17.4. The van der Waals surface area contributed by atoms with Crippen LogP contribution in [0.5, 0.6) is 5.75 Å². The number of hydrogen-bond donors (Lipinski definition) is 2. The van der Waals surface area contributed by atoms with Crippen LogP contribution in [0.2, 0.25) is 0 Å². The number of methoxy groups -OCH3 is 1. The first-order valence-electron chi connectivity index (χ1n) is 17.4. The number of benzene rings is 4. The second-order valence-electron chi connectivity index (χ2n) is 13.3. The molecule has 3 atom stereocenters. The first-order chi connectivity index (χ1) is 23.9. The molecule has 0 bridgehead atoms. The summed E-state index contributed by atoms with van der Waals surface area (Å²) < 4.78 is 5.34. The maximum atomic E-state index is 14.8. The summed E-state index contributed by atoms with van der Waals surface area (Å²) in [5.41, 5.74) is 11.5. The van der Waals surface area contributed by atoms with Crippen LogP contribution in [0.1, 0.15) is 51.0 Å². The Balaban J connectivity index is 1.36. The van der Waals surface area contributed by atoms with Crippen LogP contribution in [0.25, 0.3) is 11.1 Å². The maximum Gasteiger partial charge on any atom is 0.251 e. The SMILES string of the molecule is CCCCC(C(N)=O)C(CC1CC1)C(=O)NC1CN(c2ccccc2)c2ccccc2N(Cc2cccc(-c3ccc(OC)cc3)c2)C1=O. The third-order valence-electron chi connectivity index (χ3n) is 9.81. The fourth-order valence-corrected chi connectivity index (χ4v) is 6.94. The number of primary amides is 1. The molecule has 0 radical (unpaired) electrons. The Morgan fingerprint density at radius 1 is 0.878 bits per heavy atom. The van der Waals surface area contributed by atoms with Crippen LogP contribution in [-0.2, 0) is 20.9 Å². The third kappa shape index (κ3) is 7.96. The molecule has 6 rings (SSSR count). The fraction of sp³-hybridized carbons (Fsp3) is 0.341. The highest BCUT2D eigenvalue weighted by molar-refractivity contribution is 6.04. The zero-order chi connectivity index (χ0) is 34.3. The van der Waals surface area contributed by atoms with Gasteiger partial charge in [-0.05, 0) is 77.9 Å². The number of para-hydroxylation sites is 3. The summed E-state index contributed by atoms with van der Waals surface area (Å²) >= 11 is 0. The van der Waals surface area contributed by atoms with Crippen molar-refractivity contribution < 1.29 is 19.1 Å². The number of hydrogen-bond acceptors (Lipinski definition) is 5. The number of unbranched alkanes of at least 4 members (excludes halogenated alkanes) is 1. The Morgan fingerprint density at radius 3 is 2.27 bits per heavy atom. The Morgan fingerprint density at radius 2 is 1.59 bits per heavy atom. The molecule has 2 aliphatic rings. The van der Waals surface area contributed by atoms with E-state index in [1.54, 1.807) is 12.0 Å². The molecule has 4 aromatic carbocycles. The summed E-state index contributed by atoms with van der Waals surface area (Å²) in [4.78, 5) is 45.6.